The SMILES string of the molecule is Cc1cc(OCC(=O)CO)cc(C)c1Cl. The Hall–Kier alpha value is -1.06. The van der Waals surface area contributed by atoms with Gasteiger partial charge in [0.15, 0.2) is 5.78 Å². The van der Waals surface area contributed by atoms with Gasteiger partial charge in [0.05, 0.1) is 0 Å². The van der Waals surface area contributed by atoms with Crippen LogP contribution >= 0.6 is 11.6 Å². The highest BCUT2D eigenvalue weighted by molar-refractivity contribution is 6.32. The minimum atomic E-state index is -0.494. The maximum atomic E-state index is 10.8. The molecule has 0 saturated heterocycles. The van der Waals surface area contributed by atoms with Gasteiger partial charge in [-0.1, -0.05) is 11.6 Å². The van der Waals surface area contributed by atoms with Crippen molar-refractivity contribution in [3.63, 3.8) is 0 Å². The zero-order chi connectivity index (χ0) is 11.4. The number of benzene rings is 1. The number of carbonyl (C=O) groups excluding carboxylic acids is 1. The second kappa shape index (κ2) is 5.14. The molecule has 1 rings (SSSR count). The molecule has 15 heavy (non-hydrogen) atoms. The molecule has 4 heteroatoms. The van der Waals surface area contributed by atoms with Crippen molar-refractivity contribution >= 4 is 17.4 Å². The average Bonchev–Trinajstić information content (AvgIpc) is 2.22. The molecule has 0 heterocycles. The fourth-order valence-corrected chi connectivity index (χ4v) is 1.31. The maximum Gasteiger partial charge on any atom is 0.195 e. The lowest BCUT2D eigenvalue weighted by molar-refractivity contribution is -0.123. The average molecular weight is 229 g/mol. The fourth-order valence-electron chi connectivity index (χ4n) is 1.20. The van der Waals surface area contributed by atoms with Gasteiger partial charge < -0.3 is 9.84 Å². The third-order valence-electron chi connectivity index (χ3n) is 1.99. The van der Waals surface area contributed by atoms with Crippen molar-refractivity contribution in [2.24, 2.45) is 0 Å². The van der Waals surface area contributed by atoms with Crippen molar-refractivity contribution in [2.45, 2.75) is 13.8 Å². The van der Waals surface area contributed by atoms with Crippen molar-refractivity contribution < 1.29 is 14.6 Å². The van der Waals surface area contributed by atoms with E-state index >= 15 is 0 Å². The van der Waals surface area contributed by atoms with Crippen LogP contribution in [0.2, 0.25) is 5.02 Å². The Balaban J connectivity index is 2.75. The molecule has 1 aromatic carbocycles. The first-order valence-corrected chi connectivity index (χ1v) is 4.94. The van der Waals surface area contributed by atoms with Gasteiger partial charge in [0.25, 0.3) is 0 Å². The van der Waals surface area contributed by atoms with Crippen molar-refractivity contribution in [3.05, 3.63) is 28.3 Å². The van der Waals surface area contributed by atoms with Crippen LogP contribution in [0.5, 0.6) is 5.75 Å². The summed E-state index contributed by atoms with van der Waals surface area (Å²) in [6.45, 7) is 3.13. The van der Waals surface area contributed by atoms with Crippen LogP contribution in [0, 0.1) is 13.8 Å². The summed E-state index contributed by atoms with van der Waals surface area (Å²) in [6.07, 6.45) is 0. The zero-order valence-corrected chi connectivity index (χ0v) is 9.47. The Morgan fingerprint density at radius 3 is 2.40 bits per heavy atom. The minimum Gasteiger partial charge on any atom is -0.486 e. The lowest BCUT2D eigenvalue weighted by Crippen LogP contribution is -2.14. The fraction of sp³-hybridized carbons (Fsp3) is 0.364. The molecule has 0 unspecified atom stereocenters. The van der Waals surface area contributed by atoms with E-state index in [1.807, 2.05) is 13.8 Å². The molecule has 0 aliphatic heterocycles. The number of aliphatic hydroxyl groups is 1. The lowest BCUT2D eigenvalue weighted by atomic mass is 10.1. The molecule has 1 aromatic rings. The van der Waals surface area contributed by atoms with Crippen molar-refractivity contribution in [2.75, 3.05) is 13.2 Å². The molecule has 0 spiro atoms. The van der Waals surface area contributed by atoms with Gasteiger partial charge in [-0.25, -0.2) is 0 Å². The number of halogens is 1. The molecule has 0 bridgehead atoms. The molecule has 0 saturated carbocycles. The van der Waals surface area contributed by atoms with Gasteiger partial charge in [0.2, 0.25) is 0 Å². The van der Waals surface area contributed by atoms with Crippen LogP contribution in [-0.2, 0) is 4.79 Å². The molecule has 3 nitrogen and oxygen atoms in total. The van der Waals surface area contributed by atoms with E-state index in [0.29, 0.717) is 10.8 Å². The summed E-state index contributed by atoms with van der Waals surface area (Å²) < 4.78 is 5.21. The summed E-state index contributed by atoms with van der Waals surface area (Å²) in [4.78, 5) is 10.8. The van der Waals surface area contributed by atoms with Crippen molar-refractivity contribution in [1.82, 2.24) is 0 Å². The minimum absolute atomic E-state index is 0.114. The second-order valence-corrected chi connectivity index (χ2v) is 3.73. The Kier molecular flexibility index (Phi) is 4.12. The molecule has 0 aromatic heterocycles. The summed E-state index contributed by atoms with van der Waals surface area (Å²) in [7, 11) is 0. The van der Waals surface area contributed by atoms with Crippen molar-refractivity contribution in [1.29, 1.82) is 0 Å². The number of hydrogen-bond donors (Lipinski definition) is 1. The van der Waals surface area contributed by atoms with E-state index in [-0.39, 0.29) is 12.4 Å². The Morgan fingerprint density at radius 1 is 1.40 bits per heavy atom. The van der Waals surface area contributed by atoms with Gasteiger partial charge in [-0.2, -0.15) is 0 Å². The normalized spacial score (nSPS) is 10.1. The molecule has 0 fully saturated rings. The molecule has 0 amide bonds. The standard InChI is InChI=1S/C11H13ClO3/c1-7-3-10(4-8(2)11(7)12)15-6-9(14)5-13/h3-4,13H,5-6H2,1-2H3. The molecular formula is C11H13ClO3. The van der Waals surface area contributed by atoms with Crippen LogP contribution in [0.15, 0.2) is 12.1 Å². The predicted octanol–water partition coefficient (Wildman–Crippen LogP) is 1.90. The summed E-state index contributed by atoms with van der Waals surface area (Å²) in [5.41, 5.74) is 1.81. The van der Waals surface area contributed by atoms with Gasteiger partial charge in [-0.15, -0.1) is 0 Å². The third-order valence-corrected chi connectivity index (χ3v) is 2.58. The number of ether oxygens (including phenoxy) is 1. The van der Waals surface area contributed by atoms with E-state index in [9.17, 15) is 4.79 Å². The Labute approximate surface area is 93.6 Å². The van der Waals surface area contributed by atoms with Crippen LogP contribution in [0.1, 0.15) is 11.1 Å². The third kappa shape index (κ3) is 3.22. The zero-order valence-electron chi connectivity index (χ0n) is 8.71. The summed E-state index contributed by atoms with van der Waals surface area (Å²) in [5.74, 6) is 0.247. The smallest absolute Gasteiger partial charge is 0.195 e. The van der Waals surface area contributed by atoms with Crippen LogP contribution < -0.4 is 4.74 Å². The Bertz CT molecular complexity index is 351. The van der Waals surface area contributed by atoms with Crippen LogP contribution in [0.3, 0.4) is 0 Å². The van der Waals surface area contributed by atoms with E-state index in [1.165, 1.54) is 0 Å². The largest absolute Gasteiger partial charge is 0.486 e. The first-order chi connectivity index (χ1) is 7.04. The van der Waals surface area contributed by atoms with Crippen molar-refractivity contribution in [3.8, 4) is 5.75 Å². The molecule has 0 atom stereocenters. The van der Waals surface area contributed by atoms with Crippen LogP contribution in [0.25, 0.3) is 0 Å². The van der Waals surface area contributed by atoms with E-state index in [1.54, 1.807) is 12.1 Å². The summed E-state index contributed by atoms with van der Waals surface area (Å²) >= 11 is 5.98. The van der Waals surface area contributed by atoms with E-state index < -0.39 is 6.61 Å². The first-order valence-electron chi connectivity index (χ1n) is 4.56. The highest BCUT2D eigenvalue weighted by atomic mass is 35.5. The molecule has 0 radical (unpaired) electrons. The van der Waals surface area contributed by atoms with E-state index in [2.05, 4.69) is 0 Å². The molecular weight excluding hydrogens is 216 g/mol. The number of rotatable bonds is 4. The van der Waals surface area contributed by atoms with Crippen LogP contribution in [-0.4, -0.2) is 24.1 Å². The van der Waals surface area contributed by atoms with Gasteiger partial charge in [-0.3, -0.25) is 4.79 Å². The van der Waals surface area contributed by atoms with E-state index in [4.69, 9.17) is 21.4 Å². The highest BCUT2D eigenvalue weighted by Gasteiger charge is 2.05. The first kappa shape index (κ1) is 12.0. The maximum absolute atomic E-state index is 10.8. The lowest BCUT2D eigenvalue weighted by Gasteiger charge is -2.08. The van der Waals surface area contributed by atoms with Gasteiger partial charge in [0.1, 0.15) is 19.0 Å². The molecule has 1 N–H and O–H groups in total. The summed E-state index contributed by atoms with van der Waals surface area (Å²) in [6, 6.07) is 3.53. The summed E-state index contributed by atoms with van der Waals surface area (Å²) in [5, 5.41) is 9.22. The second-order valence-electron chi connectivity index (χ2n) is 3.36. The number of Topliss-reactive ketones (excluding diaryl/α,β-unsaturated/α-hetero) is 1. The van der Waals surface area contributed by atoms with E-state index in [0.717, 1.165) is 11.1 Å². The monoisotopic (exact) mass is 228 g/mol. The Morgan fingerprint density at radius 2 is 1.93 bits per heavy atom. The van der Waals surface area contributed by atoms with Gasteiger partial charge in [0, 0.05) is 5.02 Å². The highest BCUT2D eigenvalue weighted by Crippen LogP contribution is 2.25. The molecule has 82 valence electrons. The quantitative estimate of drug-likeness (QED) is 0.856. The van der Waals surface area contributed by atoms with Gasteiger partial charge in [-0.05, 0) is 37.1 Å². The number of carbonyl (C=O) groups is 1. The molecule has 0 aliphatic carbocycles. The predicted molar refractivity (Wildman–Crippen MR) is 58.5 cm³/mol. The number of ketones is 1. The number of aliphatic hydroxyl groups excluding tert-OH is 1. The number of hydrogen-bond acceptors (Lipinski definition) is 3. The number of aryl methyl sites for hydroxylation is 2. The van der Waals surface area contributed by atoms with Crippen LogP contribution in [0.4, 0.5) is 0 Å². The van der Waals surface area contributed by atoms with Gasteiger partial charge >= 0.3 is 0 Å². The topological polar surface area (TPSA) is 46.5 Å². The molecule has 0 aliphatic rings.